The monoisotopic (exact) mass is 443 g/mol. The Morgan fingerprint density at radius 1 is 1.22 bits per heavy atom. The molecule has 0 unspecified atom stereocenters. The maximum absolute atomic E-state index is 11.5. The summed E-state index contributed by atoms with van der Waals surface area (Å²) in [5, 5.41) is 21.4. The van der Waals surface area contributed by atoms with Gasteiger partial charge in [-0.3, -0.25) is 14.7 Å². The molecule has 2 N–H and O–H groups in total. The van der Waals surface area contributed by atoms with Crippen LogP contribution in [0, 0.1) is 0 Å². The van der Waals surface area contributed by atoms with Gasteiger partial charge in [-0.25, -0.2) is 0 Å². The van der Waals surface area contributed by atoms with Crippen LogP contribution in [0.3, 0.4) is 0 Å². The number of aromatic nitrogens is 1. The predicted molar refractivity (Wildman–Crippen MR) is 126 cm³/mol. The van der Waals surface area contributed by atoms with Crippen LogP contribution in [0.2, 0.25) is 0 Å². The third-order valence-corrected chi connectivity index (χ3v) is 6.43. The van der Waals surface area contributed by atoms with Gasteiger partial charge in [0, 0.05) is 43.8 Å². The van der Waals surface area contributed by atoms with Crippen molar-refractivity contribution in [2.24, 2.45) is 0 Å². The summed E-state index contributed by atoms with van der Waals surface area (Å²) < 4.78 is 5.34. The number of nitrogens with zero attached hydrogens (tertiary/aromatic N) is 3. The fourth-order valence-corrected chi connectivity index (χ4v) is 4.62. The van der Waals surface area contributed by atoms with Gasteiger partial charge in [-0.15, -0.1) is 0 Å². The molecule has 7 heteroatoms. The first kappa shape index (κ1) is 24.4. The van der Waals surface area contributed by atoms with E-state index in [1.165, 1.54) is 25.7 Å². The highest BCUT2D eigenvalue weighted by Gasteiger charge is 2.30. The summed E-state index contributed by atoms with van der Waals surface area (Å²) in [7, 11) is 1.62. The highest BCUT2D eigenvalue weighted by Crippen LogP contribution is 2.28. The van der Waals surface area contributed by atoms with E-state index in [-0.39, 0.29) is 12.5 Å². The number of rotatable bonds is 12. The summed E-state index contributed by atoms with van der Waals surface area (Å²) >= 11 is 0. The molecule has 2 atom stereocenters. The van der Waals surface area contributed by atoms with Gasteiger partial charge in [-0.05, 0) is 42.8 Å². The minimum absolute atomic E-state index is 0.0873. The normalized spacial score (nSPS) is 18.7. The molecule has 1 saturated heterocycles. The van der Waals surface area contributed by atoms with Crippen LogP contribution in [-0.4, -0.2) is 76.8 Å². The van der Waals surface area contributed by atoms with E-state index in [1.807, 2.05) is 24.3 Å². The van der Waals surface area contributed by atoms with Crippen molar-refractivity contribution in [3.05, 3.63) is 36.0 Å². The second-order valence-electron chi connectivity index (χ2n) is 8.76. The number of aliphatic hydroxyl groups excluding tert-OH is 1. The number of aliphatic carboxylic acids is 1. The van der Waals surface area contributed by atoms with E-state index in [0.29, 0.717) is 6.54 Å². The van der Waals surface area contributed by atoms with E-state index in [1.54, 1.807) is 13.3 Å². The average molecular weight is 444 g/mol. The second kappa shape index (κ2) is 12.1. The second-order valence-corrected chi connectivity index (χ2v) is 8.76. The SMILES string of the molecule is CCCCCCCN1CCN(C[C@H](O)c2ccnc3ccc(OC)cc23)[C@H](CC(=O)O)C1. The molecule has 2 aromatic rings. The summed E-state index contributed by atoms with van der Waals surface area (Å²) in [4.78, 5) is 20.4. The number of hydrogen-bond acceptors (Lipinski definition) is 6. The Bertz CT molecular complexity index is 875. The van der Waals surface area contributed by atoms with Gasteiger partial charge in [0.05, 0.1) is 25.2 Å². The first-order chi connectivity index (χ1) is 15.5. The molecule has 7 nitrogen and oxygen atoms in total. The highest BCUT2D eigenvalue weighted by atomic mass is 16.5. The molecule has 2 heterocycles. The van der Waals surface area contributed by atoms with E-state index in [2.05, 4.69) is 21.7 Å². The molecule has 0 spiro atoms. The van der Waals surface area contributed by atoms with Gasteiger partial charge in [0.2, 0.25) is 0 Å². The fourth-order valence-electron chi connectivity index (χ4n) is 4.62. The maximum atomic E-state index is 11.5. The molecule has 0 radical (unpaired) electrons. The zero-order chi connectivity index (χ0) is 22.9. The topological polar surface area (TPSA) is 86.1 Å². The third kappa shape index (κ3) is 6.64. The van der Waals surface area contributed by atoms with Gasteiger partial charge in [-0.2, -0.15) is 0 Å². The fraction of sp³-hybridized carbons (Fsp3) is 0.600. The Hall–Kier alpha value is -2.22. The number of ether oxygens (including phenoxy) is 1. The number of pyridine rings is 1. The van der Waals surface area contributed by atoms with E-state index in [0.717, 1.165) is 54.8 Å². The number of carboxylic acids is 1. The Balaban J connectivity index is 1.66. The number of unbranched alkanes of at least 4 members (excludes halogenated alkanes) is 4. The zero-order valence-electron chi connectivity index (χ0n) is 19.4. The Morgan fingerprint density at radius 3 is 2.78 bits per heavy atom. The number of carboxylic acid groups (broad SMARTS) is 1. The molecule has 176 valence electrons. The van der Waals surface area contributed by atoms with E-state index >= 15 is 0 Å². The standard InChI is InChI=1S/C25H37N3O4/c1-3-4-5-6-7-12-27-13-14-28(19(17-27)15-25(30)31)18-24(29)21-10-11-26-23-9-8-20(32-2)16-22(21)23/h8-11,16,19,24,29H,3-7,12-15,17-18H2,1-2H3,(H,30,31)/t19-,24+/m1/s1. The van der Waals surface area contributed by atoms with Crippen molar-refractivity contribution in [3.63, 3.8) is 0 Å². The number of benzene rings is 1. The number of hydrogen-bond donors (Lipinski definition) is 2. The summed E-state index contributed by atoms with van der Waals surface area (Å²) in [6.07, 6.45) is 7.24. The van der Waals surface area contributed by atoms with Crippen molar-refractivity contribution in [1.29, 1.82) is 0 Å². The summed E-state index contributed by atoms with van der Waals surface area (Å²) in [5.74, 6) is -0.0753. The molecular weight excluding hydrogens is 406 g/mol. The molecule has 0 bridgehead atoms. The predicted octanol–water partition coefficient (Wildman–Crippen LogP) is 3.71. The molecule has 0 amide bonds. The van der Waals surface area contributed by atoms with E-state index < -0.39 is 12.1 Å². The first-order valence-corrected chi connectivity index (χ1v) is 11.8. The third-order valence-electron chi connectivity index (χ3n) is 6.43. The largest absolute Gasteiger partial charge is 0.497 e. The molecule has 1 aromatic heterocycles. The molecule has 32 heavy (non-hydrogen) atoms. The number of piperazine rings is 1. The number of fused-ring (bicyclic) bond motifs is 1. The maximum Gasteiger partial charge on any atom is 0.304 e. The summed E-state index contributed by atoms with van der Waals surface area (Å²) in [6.45, 7) is 6.04. The molecule has 1 aromatic carbocycles. The van der Waals surface area contributed by atoms with Gasteiger partial charge in [0.1, 0.15) is 5.75 Å². The lowest BCUT2D eigenvalue weighted by molar-refractivity contribution is -0.139. The van der Waals surface area contributed by atoms with Crippen molar-refractivity contribution in [2.75, 3.05) is 39.8 Å². The van der Waals surface area contributed by atoms with Crippen LogP contribution in [0.25, 0.3) is 10.9 Å². The summed E-state index contributed by atoms with van der Waals surface area (Å²) in [6, 6.07) is 7.37. The quantitative estimate of drug-likeness (QED) is 0.484. The zero-order valence-corrected chi connectivity index (χ0v) is 19.4. The lowest BCUT2D eigenvalue weighted by Gasteiger charge is -2.42. The molecule has 3 rings (SSSR count). The van der Waals surface area contributed by atoms with Gasteiger partial charge < -0.3 is 19.8 Å². The van der Waals surface area contributed by atoms with Crippen LogP contribution in [0.1, 0.15) is 57.1 Å². The van der Waals surface area contributed by atoms with Crippen LogP contribution in [0.5, 0.6) is 5.75 Å². The number of methoxy groups -OCH3 is 1. The molecule has 0 saturated carbocycles. The minimum Gasteiger partial charge on any atom is -0.497 e. The van der Waals surface area contributed by atoms with Crippen LogP contribution in [-0.2, 0) is 4.79 Å². The van der Waals surface area contributed by atoms with Crippen molar-refractivity contribution in [3.8, 4) is 5.75 Å². The Morgan fingerprint density at radius 2 is 2.03 bits per heavy atom. The Kier molecular flexibility index (Phi) is 9.26. The lowest BCUT2D eigenvalue weighted by Crippen LogP contribution is -2.54. The molecular formula is C25H37N3O4. The highest BCUT2D eigenvalue weighted by molar-refractivity contribution is 5.83. The van der Waals surface area contributed by atoms with Gasteiger partial charge in [-0.1, -0.05) is 32.6 Å². The molecule has 1 fully saturated rings. The smallest absolute Gasteiger partial charge is 0.304 e. The van der Waals surface area contributed by atoms with Gasteiger partial charge in [0.15, 0.2) is 0 Å². The van der Waals surface area contributed by atoms with Crippen LogP contribution >= 0.6 is 0 Å². The molecule has 0 aliphatic carbocycles. The van der Waals surface area contributed by atoms with Crippen LogP contribution < -0.4 is 4.74 Å². The van der Waals surface area contributed by atoms with Crippen LogP contribution in [0.15, 0.2) is 30.5 Å². The Labute approximate surface area is 191 Å². The van der Waals surface area contributed by atoms with Crippen molar-refractivity contribution in [1.82, 2.24) is 14.8 Å². The van der Waals surface area contributed by atoms with E-state index in [4.69, 9.17) is 4.74 Å². The van der Waals surface area contributed by atoms with Crippen molar-refractivity contribution in [2.45, 2.75) is 57.6 Å². The molecule has 1 aliphatic rings. The summed E-state index contributed by atoms with van der Waals surface area (Å²) in [5.41, 5.74) is 1.60. The van der Waals surface area contributed by atoms with Crippen molar-refractivity contribution < 1.29 is 19.7 Å². The van der Waals surface area contributed by atoms with Crippen LogP contribution in [0.4, 0.5) is 0 Å². The van der Waals surface area contributed by atoms with Gasteiger partial charge in [0.25, 0.3) is 0 Å². The average Bonchev–Trinajstić information content (AvgIpc) is 2.79. The number of β-amino-alcohol motifs (C(OH)–C–C–N with tert-alkyl or cyclic N) is 1. The first-order valence-electron chi connectivity index (χ1n) is 11.8. The van der Waals surface area contributed by atoms with E-state index in [9.17, 15) is 15.0 Å². The lowest BCUT2D eigenvalue weighted by atomic mass is 10.0. The van der Waals surface area contributed by atoms with Crippen molar-refractivity contribution >= 4 is 16.9 Å². The number of carbonyl (C=O) groups is 1. The molecule has 1 aliphatic heterocycles. The number of aliphatic hydroxyl groups is 1. The minimum atomic E-state index is -0.793. The van der Waals surface area contributed by atoms with Gasteiger partial charge >= 0.3 is 5.97 Å².